The average Bonchev–Trinajstić information content (AvgIpc) is 2.35. The van der Waals surface area contributed by atoms with Crippen molar-refractivity contribution in [3.05, 3.63) is 0 Å². The van der Waals surface area contributed by atoms with E-state index in [9.17, 15) is 5.11 Å². The van der Waals surface area contributed by atoms with Gasteiger partial charge < -0.3 is 14.6 Å². The lowest BCUT2D eigenvalue weighted by molar-refractivity contribution is 0.0171. The number of hydrogen-bond donors (Lipinski definition) is 1. The zero-order valence-electron chi connectivity index (χ0n) is 11.8. The highest BCUT2D eigenvalue weighted by molar-refractivity contribution is 4.74. The second kappa shape index (κ2) is 11.0. The molecule has 2 unspecified atom stereocenters. The summed E-state index contributed by atoms with van der Waals surface area (Å²) in [5.74, 6) is 0. The summed E-state index contributed by atoms with van der Waals surface area (Å²) in [6.45, 7) is 12.7. The third-order valence-electron chi connectivity index (χ3n) is 3.01. The minimum Gasteiger partial charge on any atom is -0.392 e. The van der Waals surface area contributed by atoms with Crippen molar-refractivity contribution >= 4 is 0 Å². The lowest BCUT2D eigenvalue weighted by Gasteiger charge is -2.31. The third kappa shape index (κ3) is 7.71. The van der Waals surface area contributed by atoms with Gasteiger partial charge in [-0.15, -0.1) is 0 Å². The van der Waals surface area contributed by atoms with Crippen LogP contribution in [-0.2, 0) is 9.47 Å². The lowest BCUT2D eigenvalue weighted by atomic mass is 10.1. The van der Waals surface area contributed by atoms with Crippen molar-refractivity contribution in [2.45, 2.75) is 46.3 Å². The number of aliphatic hydroxyl groups excluding tert-OH is 1. The van der Waals surface area contributed by atoms with Gasteiger partial charge in [0, 0.05) is 32.3 Å². The smallest absolute Gasteiger partial charge is 0.0690 e. The number of rotatable bonds is 11. The number of hydrogen-bond acceptors (Lipinski definition) is 4. The number of ether oxygens (including phenoxy) is 2. The Hall–Kier alpha value is -0.160. The Balaban J connectivity index is 4.07. The summed E-state index contributed by atoms with van der Waals surface area (Å²) >= 11 is 0. The molecule has 0 spiro atoms. The van der Waals surface area contributed by atoms with Crippen molar-refractivity contribution in [1.29, 1.82) is 0 Å². The van der Waals surface area contributed by atoms with E-state index in [0.29, 0.717) is 13.2 Å². The largest absolute Gasteiger partial charge is 0.392 e. The minimum atomic E-state index is -0.279. The van der Waals surface area contributed by atoms with Gasteiger partial charge in [-0.05, 0) is 27.2 Å². The quantitative estimate of drug-likeness (QED) is 0.562. The van der Waals surface area contributed by atoms with E-state index in [4.69, 9.17) is 9.47 Å². The summed E-state index contributed by atoms with van der Waals surface area (Å²) in [5.41, 5.74) is 0. The molecule has 0 aliphatic heterocycles. The molecule has 17 heavy (non-hydrogen) atoms. The monoisotopic (exact) mass is 247 g/mol. The molecule has 0 aliphatic rings. The van der Waals surface area contributed by atoms with Gasteiger partial charge in [-0.2, -0.15) is 0 Å². The van der Waals surface area contributed by atoms with Gasteiger partial charge in [-0.1, -0.05) is 6.92 Å². The van der Waals surface area contributed by atoms with Crippen LogP contribution in [0.3, 0.4) is 0 Å². The number of nitrogens with zero attached hydrogens (tertiary/aromatic N) is 1. The second-order valence-corrected chi connectivity index (χ2v) is 4.15. The molecule has 0 saturated carbocycles. The van der Waals surface area contributed by atoms with Crippen LogP contribution in [0.1, 0.15) is 34.1 Å². The molecule has 0 rings (SSSR count). The maximum absolute atomic E-state index is 9.89. The maximum Gasteiger partial charge on any atom is 0.0690 e. The first kappa shape index (κ1) is 16.8. The molecule has 0 amide bonds. The van der Waals surface area contributed by atoms with Crippen LogP contribution in [0.2, 0.25) is 0 Å². The molecule has 0 aliphatic carbocycles. The van der Waals surface area contributed by atoms with Gasteiger partial charge in [0.15, 0.2) is 0 Å². The van der Waals surface area contributed by atoms with Gasteiger partial charge in [0.1, 0.15) is 0 Å². The molecule has 0 aromatic rings. The first-order chi connectivity index (χ1) is 8.17. The predicted molar refractivity (Wildman–Crippen MR) is 70.3 cm³/mol. The highest BCUT2D eigenvalue weighted by Gasteiger charge is 2.19. The van der Waals surface area contributed by atoms with E-state index in [1.165, 1.54) is 0 Å². The van der Waals surface area contributed by atoms with Crippen molar-refractivity contribution in [1.82, 2.24) is 4.90 Å². The van der Waals surface area contributed by atoms with E-state index in [0.717, 1.165) is 32.7 Å². The molecule has 0 fully saturated rings. The third-order valence-corrected chi connectivity index (χ3v) is 3.01. The van der Waals surface area contributed by atoms with E-state index >= 15 is 0 Å². The van der Waals surface area contributed by atoms with Gasteiger partial charge in [0.2, 0.25) is 0 Å². The van der Waals surface area contributed by atoms with Gasteiger partial charge in [0.25, 0.3) is 0 Å². The van der Waals surface area contributed by atoms with Crippen LogP contribution in [0.15, 0.2) is 0 Å². The fourth-order valence-corrected chi connectivity index (χ4v) is 1.76. The summed E-state index contributed by atoms with van der Waals surface area (Å²) < 4.78 is 10.7. The molecule has 0 aromatic heterocycles. The van der Waals surface area contributed by atoms with Gasteiger partial charge in [-0.25, -0.2) is 0 Å². The maximum atomic E-state index is 9.89. The second-order valence-electron chi connectivity index (χ2n) is 4.15. The fourth-order valence-electron chi connectivity index (χ4n) is 1.76. The van der Waals surface area contributed by atoms with Crippen molar-refractivity contribution in [3.8, 4) is 0 Å². The Bertz CT molecular complexity index is 157. The summed E-state index contributed by atoms with van der Waals surface area (Å²) in [6, 6.07) is 0.154. The summed E-state index contributed by atoms with van der Waals surface area (Å²) in [4.78, 5) is 2.24. The first-order valence-electron chi connectivity index (χ1n) is 6.74. The summed E-state index contributed by atoms with van der Waals surface area (Å²) in [6.07, 6.45) is 0.499. The fraction of sp³-hybridized carbons (Fsp3) is 1.00. The normalized spacial score (nSPS) is 15.2. The molecular weight excluding hydrogens is 218 g/mol. The van der Waals surface area contributed by atoms with Crippen LogP contribution in [0.4, 0.5) is 0 Å². The van der Waals surface area contributed by atoms with E-state index in [2.05, 4.69) is 11.8 Å². The molecular formula is C13H29NO3. The Labute approximate surface area is 106 Å². The highest BCUT2D eigenvalue weighted by atomic mass is 16.5. The van der Waals surface area contributed by atoms with Crippen molar-refractivity contribution in [3.63, 3.8) is 0 Å². The minimum absolute atomic E-state index is 0.154. The molecule has 0 aromatic carbocycles. The molecule has 0 saturated heterocycles. The van der Waals surface area contributed by atoms with E-state index in [-0.39, 0.29) is 12.1 Å². The van der Waals surface area contributed by atoms with E-state index in [1.807, 2.05) is 20.8 Å². The summed E-state index contributed by atoms with van der Waals surface area (Å²) in [5, 5.41) is 9.89. The number of aliphatic hydroxyl groups is 1. The molecule has 0 bridgehead atoms. The Morgan fingerprint density at radius 2 is 1.47 bits per heavy atom. The van der Waals surface area contributed by atoms with E-state index < -0.39 is 0 Å². The van der Waals surface area contributed by atoms with Crippen LogP contribution in [0.5, 0.6) is 0 Å². The zero-order valence-corrected chi connectivity index (χ0v) is 11.8. The zero-order chi connectivity index (χ0) is 13.1. The molecule has 0 heterocycles. The Morgan fingerprint density at radius 3 is 1.82 bits per heavy atom. The standard InChI is InChI=1S/C13H29NO3/c1-5-13(15)12(4)14(8-10-16-6-2)9-11-17-7-3/h12-13,15H,5-11H2,1-4H3. The van der Waals surface area contributed by atoms with Crippen LogP contribution >= 0.6 is 0 Å². The van der Waals surface area contributed by atoms with Gasteiger partial charge >= 0.3 is 0 Å². The molecule has 4 nitrogen and oxygen atoms in total. The molecule has 2 atom stereocenters. The Morgan fingerprint density at radius 1 is 1.00 bits per heavy atom. The molecule has 0 radical (unpaired) electrons. The van der Waals surface area contributed by atoms with Crippen molar-refractivity contribution in [2.75, 3.05) is 39.5 Å². The summed E-state index contributed by atoms with van der Waals surface area (Å²) in [7, 11) is 0. The van der Waals surface area contributed by atoms with Gasteiger partial charge in [-0.3, -0.25) is 4.90 Å². The molecule has 1 N–H and O–H groups in total. The lowest BCUT2D eigenvalue weighted by Crippen LogP contribution is -2.44. The first-order valence-corrected chi connectivity index (χ1v) is 6.74. The van der Waals surface area contributed by atoms with Crippen LogP contribution in [-0.4, -0.2) is 61.7 Å². The van der Waals surface area contributed by atoms with Crippen molar-refractivity contribution < 1.29 is 14.6 Å². The van der Waals surface area contributed by atoms with Gasteiger partial charge in [0.05, 0.1) is 19.3 Å². The predicted octanol–water partition coefficient (Wildman–Crippen LogP) is 1.52. The average molecular weight is 247 g/mol. The highest BCUT2D eigenvalue weighted by Crippen LogP contribution is 2.07. The molecule has 4 heteroatoms. The molecule has 104 valence electrons. The van der Waals surface area contributed by atoms with Crippen LogP contribution < -0.4 is 0 Å². The van der Waals surface area contributed by atoms with E-state index in [1.54, 1.807) is 0 Å². The van der Waals surface area contributed by atoms with Crippen LogP contribution in [0.25, 0.3) is 0 Å². The topological polar surface area (TPSA) is 41.9 Å². The SMILES string of the molecule is CCOCCN(CCOCC)C(C)C(O)CC. The van der Waals surface area contributed by atoms with Crippen molar-refractivity contribution in [2.24, 2.45) is 0 Å². The Kier molecular flexibility index (Phi) is 10.9. The van der Waals surface area contributed by atoms with Crippen LogP contribution in [0, 0.1) is 0 Å².